The predicted molar refractivity (Wildman–Crippen MR) is 89.2 cm³/mol. The van der Waals surface area contributed by atoms with Crippen molar-refractivity contribution in [3.63, 3.8) is 0 Å². The molecule has 3 heterocycles. The largest absolute Gasteiger partial charge is 0.380 e. The molecular weight excluding hydrogens is 294 g/mol. The molecule has 4 rings (SSSR count). The summed E-state index contributed by atoms with van der Waals surface area (Å²) in [5, 5.41) is 4.46. The number of piperidine rings is 1. The van der Waals surface area contributed by atoms with Crippen molar-refractivity contribution in [2.75, 3.05) is 32.9 Å². The van der Waals surface area contributed by atoms with E-state index >= 15 is 0 Å². The molecule has 3 fully saturated rings. The molecule has 1 saturated carbocycles. The van der Waals surface area contributed by atoms with E-state index < -0.39 is 0 Å². The first-order valence-corrected chi connectivity index (χ1v) is 9.71. The number of thiophene rings is 1. The molecular formula is C18H27NO2S. The molecule has 3 aliphatic rings. The highest BCUT2D eigenvalue weighted by atomic mass is 32.1. The van der Waals surface area contributed by atoms with Crippen LogP contribution in [-0.2, 0) is 16.0 Å². The normalized spacial score (nSPS) is 32.8. The Bertz CT molecular complexity index is 473. The summed E-state index contributed by atoms with van der Waals surface area (Å²) in [6, 6.07) is 2.25. The Morgan fingerprint density at radius 2 is 2.32 bits per heavy atom. The minimum absolute atomic E-state index is 0.238. The van der Waals surface area contributed by atoms with Gasteiger partial charge < -0.3 is 9.47 Å². The molecule has 1 aliphatic carbocycles. The summed E-state index contributed by atoms with van der Waals surface area (Å²) in [7, 11) is 0. The predicted octanol–water partition coefficient (Wildman–Crippen LogP) is 3.55. The Kier molecular flexibility index (Phi) is 4.54. The molecule has 4 heteroatoms. The van der Waals surface area contributed by atoms with Crippen molar-refractivity contribution in [2.24, 2.45) is 11.3 Å². The van der Waals surface area contributed by atoms with Gasteiger partial charge in [-0.25, -0.2) is 0 Å². The maximum atomic E-state index is 6.14. The Morgan fingerprint density at radius 3 is 3.14 bits per heavy atom. The molecule has 0 aromatic carbocycles. The minimum Gasteiger partial charge on any atom is -0.380 e. The van der Waals surface area contributed by atoms with Crippen LogP contribution in [0.15, 0.2) is 16.8 Å². The van der Waals surface area contributed by atoms with Crippen LogP contribution in [0.5, 0.6) is 0 Å². The van der Waals surface area contributed by atoms with E-state index in [4.69, 9.17) is 9.47 Å². The number of hydrogen-bond acceptors (Lipinski definition) is 4. The van der Waals surface area contributed by atoms with Crippen LogP contribution >= 0.6 is 11.3 Å². The van der Waals surface area contributed by atoms with Crippen molar-refractivity contribution in [3.05, 3.63) is 22.4 Å². The molecule has 0 bridgehead atoms. The van der Waals surface area contributed by atoms with E-state index in [2.05, 4.69) is 21.7 Å². The van der Waals surface area contributed by atoms with Crippen LogP contribution < -0.4 is 0 Å². The van der Waals surface area contributed by atoms with Crippen LogP contribution in [0, 0.1) is 11.3 Å². The van der Waals surface area contributed by atoms with Gasteiger partial charge in [0, 0.05) is 38.3 Å². The lowest BCUT2D eigenvalue weighted by atomic mass is 9.73. The number of ether oxygens (including phenoxy) is 2. The van der Waals surface area contributed by atoms with Gasteiger partial charge in [-0.3, -0.25) is 4.90 Å². The summed E-state index contributed by atoms with van der Waals surface area (Å²) in [4.78, 5) is 2.62. The van der Waals surface area contributed by atoms with Gasteiger partial charge in [0.1, 0.15) is 0 Å². The van der Waals surface area contributed by atoms with Gasteiger partial charge in [0.2, 0.25) is 0 Å². The third-order valence-electron chi connectivity index (χ3n) is 5.49. The first-order valence-electron chi connectivity index (χ1n) is 8.77. The fraction of sp³-hybridized carbons (Fsp3) is 0.778. The summed E-state index contributed by atoms with van der Waals surface area (Å²) >= 11 is 1.80. The summed E-state index contributed by atoms with van der Waals surface area (Å²) in [6.45, 7) is 6.19. The number of nitrogens with zero attached hydrogens (tertiary/aromatic N) is 1. The zero-order valence-corrected chi connectivity index (χ0v) is 14.2. The molecule has 22 heavy (non-hydrogen) atoms. The van der Waals surface area contributed by atoms with Crippen molar-refractivity contribution in [1.82, 2.24) is 4.90 Å². The zero-order valence-electron chi connectivity index (χ0n) is 13.3. The smallest absolute Gasteiger partial charge is 0.0677 e. The van der Waals surface area contributed by atoms with Crippen LogP contribution in [0.25, 0.3) is 0 Å². The molecule has 122 valence electrons. The summed E-state index contributed by atoms with van der Waals surface area (Å²) in [5.41, 5.74) is 1.69. The van der Waals surface area contributed by atoms with Gasteiger partial charge in [0.15, 0.2) is 0 Å². The fourth-order valence-electron chi connectivity index (χ4n) is 4.08. The SMILES string of the molecule is c1cc(CN2CC[C@H]3OCCC[C@]3(COCC3CC3)C2)cs1. The maximum Gasteiger partial charge on any atom is 0.0677 e. The molecule has 2 saturated heterocycles. The second kappa shape index (κ2) is 6.60. The molecule has 1 aromatic rings. The van der Waals surface area contributed by atoms with Crippen molar-refractivity contribution in [1.29, 1.82) is 0 Å². The molecule has 2 atom stereocenters. The highest BCUT2D eigenvalue weighted by Crippen LogP contribution is 2.41. The molecule has 3 nitrogen and oxygen atoms in total. The van der Waals surface area contributed by atoms with Crippen molar-refractivity contribution < 1.29 is 9.47 Å². The van der Waals surface area contributed by atoms with E-state index in [0.717, 1.165) is 51.8 Å². The van der Waals surface area contributed by atoms with E-state index in [0.29, 0.717) is 6.10 Å². The average Bonchev–Trinajstić information content (AvgIpc) is 3.22. The molecule has 0 spiro atoms. The van der Waals surface area contributed by atoms with Crippen LogP contribution in [0.3, 0.4) is 0 Å². The van der Waals surface area contributed by atoms with E-state index in [1.807, 2.05) is 0 Å². The minimum atomic E-state index is 0.238. The average molecular weight is 321 g/mol. The molecule has 1 aromatic heterocycles. The number of likely N-dealkylation sites (tertiary alicyclic amines) is 1. The lowest BCUT2D eigenvalue weighted by molar-refractivity contribution is -0.154. The van der Waals surface area contributed by atoms with Gasteiger partial charge in [-0.15, -0.1) is 0 Å². The maximum absolute atomic E-state index is 6.14. The molecule has 0 radical (unpaired) electrons. The summed E-state index contributed by atoms with van der Waals surface area (Å²) in [6.07, 6.45) is 6.78. The summed E-state index contributed by atoms with van der Waals surface area (Å²) < 4.78 is 12.3. The van der Waals surface area contributed by atoms with Crippen molar-refractivity contribution in [2.45, 2.75) is 44.8 Å². The first kappa shape index (κ1) is 15.1. The Balaban J connectivity index is 1.40. The quantitative estimate of drug-likeness (QED) is 0.800. The van der Waals surface area contributed by atoms with Crippen molar-refractivity contribution in [3.8, 4) is 0 Å². The van der Waals surface area contributed by atoms with Crippen LogP contribution in [0.4, 0.5) is 0 Å². The first-order chi connectivity index (χ1) is 10.8. The van der Waals surface area contributed by atoms with Gasteiger partial charge in [-0.2, -0.15) is 11.3 Å². The topological polar surface area (TPSA) is 21.7 Å². The Labute approximate surface area is 137 Å². The van der Waals surface area contributed by atoms with E-state index in [1.165, 1.54) is 31.2 Å². The fourth-order valence-corrected chi connectivity index (χ4v) is 4.74. The Hall–Kier alpha value is -0.420. The number of rotatable bonds is 6. The lowest BCUT2D eigenvalue weighted by Gasteiger charge is -2.50. The van der Waals surface area contributed by atoms with Gasteiger partial charge in [-0.05, 0) is 60.4 Å². The lowest BCUT2D eigenvalue weighted by Crippen LogP contribution is -2.56. The highest BCUT2D eigenvalue weighted by Gasteiger charge is 2.46. The van der Waals surface area contributed by atoms with E-state index in [-0.39, 0.29) is 5.41 Å². The van der Waals surface area contributed by atoms with E-state index in [9.17, 15) is 0 Å². The van der Waals surface area contributed by atoms with Gasteiger partial charge in [0.05, 0.1) is 12.7 Å². The third kappa shape index (κ3) is 3.40. The highest BCUT2D eigenvalue weighted by molar-refractivity contribution is 7.07. The summed E-state index contributed by atoms with van der Waals surface area (Å²) in [5.74, 6) is 0.852. The van der Waals surface area contributed by atoms with Crippen molar-refractivity contribution >= 4 is 11.3 Å². The standard InChI is InChI=1S/C18H27NO2S/c1-6-18(14-20-11-15-2-3-15)13-19(7-4-17(18)21-8-1)10-16-5-9-22-12-16/h5,9,12,15,17H,1-4,6-8,10-11,13-14H2/t17-,18-/m1/s1. The van der Waals surface area contributed by atoms with Gasteiger partial charge >= 0.3 is 0 Å². The molecule has 2 aliphatic heterocycles. The van der Waals surface area contributed by atoms with Gasteiger partial charge in [0.25, 0.3) is 0 Å². The van der Waals surface area contributed by atoms with Gasteiger partial charge in [-0.1, -0.05) is 0 Å². The molecule has 0 amide bonds. The van der Waals surface area contributed by atoms with Crippen LogP contribution in [-0.4, -0.2) is 43.9 Å². The number of hydrogen-bond donors (Lipinski definition) is 0. The van der Waals surface area contributed by atoms with Crippen LogP contribution in [0.2, 0.25) is 0 Å². The zero-order chi connectivity index (χ0) is 14.8. The monoisotopic (exact) mass is 321 g/mol. The van der Waals surface area contributed by atoms with E-state index in [1.54, 1.807) is 11.3 Å². The second-order valence-electron chi connectivity index (χ2n) is 7.41. The molecule has 0 N–H and O–H groups in total. The Morgan fingerprint density at radius 1 is 1.36 bits per heavy atom. The number of fused-ring (bicyclic) bond motifs is 1. The molecule has 0 unspecified atom stereocenters. The second-order valence-corrected chi connectivity index (χ2v) is 8.19. The van der Waals surface area contributed by atoms with Crippen LogP contribution in [0.1, 0.15) is 37.7 Å². The third-order valence-corrected chi connectivity index (χ3v) is 6.23.